The van der Waals surface area contributed by atoms with Crippen molar-refractivity contribution in [1.82, 2.24) is 0 Å². The number of rotatable bonds is 4. The summed E-state index contributed by atoms with van der Waals surface area (Å²) < 4.78 is 35.1. The standard InChI is InChI=1S/C15H24O6/c1-6-7-16-11-10(9-8-17-14(2,3)19-9)18-13-12(11)20-15(4,5)21-13/h6,9-13H,1,7-8H2,2-5H3/t9-,10?,11-,12+,13+/m0/s1. The first kappa shape index (κ1) is 15.4. The largest absolute Gasteiger partial charge is 0.368 e. The minimum Gasteiger partial charge on any atom is -0.368 e. The van der Waals surface area contributed by atoms with E-state index in [4.69, 9.17) is 28.4 Å². The molecule has 3 aliphatic heterocycles. The summed E-state index contributed by atoms with van der Waals surface area (Å²) in [5.41, 5.74) is 0. The van der Waals surface area contributed by atoms with Crippen LogP contribution in [0.4, 0.5) is 0 Å². The maximum atomic E-state index is 6.00. The van der Waals surface area contributed by atoms with Crippen molar-refractivity contribution in [2.45, 2.75) is 70.0 Å². The molecule has 0 amide bonds. The summed E-state index contributed by atoms with van der Waals surface area (Å²) >= 11 is 0. The van der Waals surface area contributed by atoms with E-state index in [1.807, 2.05) is 27.7 Å². The molecular weight excluding hydrogens is 276 g/mol. The minimum absolute atomic E-state index is 0.198. The van der Waals surface area contributed by atoms with Crippen molar-refractivity contribution in [2.24, 2.45) is 0 Å². The van der Waals surface area contributed by atoms with Crippen LogP contribution in [0.5, 0.6) is 0 Å². The predicted molar refractivity (Wildman–Crippen MR) is 73.5 cm³/mol. The fraction of sp³-hybridized carbons (Fsp3) is 0.867. The van der Waals surface area contributed by atoms with Crippen molar-refractivity contribution in [3.63, 3.8) is 0 Å². The number of ether oxygens (including phenoxy) is 6. The fourth-order valence-electron chi connectivity index (χ4n) is 3.05. The normalized spacial score (nSPS) is 43.9. The molecule has 0 radical (unpaired) electrons. The van der Waals surface area contributed by atoms with E-state index in [0.717, 1.165) is 0 Å². The van der Waals surface area contributed by atoms with Gasteiger partial charge in [-0.25, -0.2) is 0 Å². The Labute approximate surface area is 125 Å². The summed E-state index contributed by atoms with van der Waals surface area (Å²) in [6.45, 7) is 12.1. The minimum atomic E-state index is -0.664. The highest BCUT2D eigenvalue weighted by molar-refractivity contribution is 4.99. The number of fused-ring (bicyclic) bond motifs is 1. The summed E-state index contributed by atoms with van der Waals surface area (Å²) in [6, 6.07) is 0. The molecule has 0 N–H and O–H groups in total. The van der Waals surface area contributed by atoms with E-state index < -0.39 is 17.9 Å². The zero-order valence-corrected chi connectivity index (χ0v) is 13.0. The van der Waals surface area contributed by atoms with Crippen LogP contribution in [0.15, 0.2) is 12.7 Å². The lowest BCUT2D eigenvalue weighted by Crippen LogP contribution is -2.44. The van der Waals surface area contributed by atoms with Gasteiger partial charge in [0.05, 0.1) is 13.2 Å². The molecule has 0 aromatic heterocycles. The summed E-state index contributed by atoms with van der Waals surface area (Å²) in [4.78, 5) is 0. The SMILES string of the molecule is C=CCO[C@H]1C([C@@H]2COC(C)(C)O2)O[C@@H]2OC(C)(C)O[C@@H]21. The molecule has 1 unspecified atom stereocenters. The molecule has 6 nitrogen and oxygen atoms in total. The third-order valence-electron chi connectivity index (χ3n) is 3.83. The Morgan fingerprint density at radius 1 is 1.10 bits per heavy atom. The molecule has 0 aliphatic carbocycles. The van der Waals surface area contributed by atoms with Crippen LogP contribution in [0.25, 0.3) is 0 Å². The van der Waals surface area contributed by atoms with Gasteiger partial charge in [-0.05, 0) is 27.7 Å². The van der Waals surface area contributed by atoms with Crippen molar-refractivity contribution in [2.75, 3.05) is 13.2 Å². The summed E-state index contributed by atoms with van der Waals surface area (Å²) in [5, 5.41) is 0. The molecule has 3 heterocycles. The van der Waals surface area contributed by atoms with E-state index in [0.29, 0.717) is 13.2 Å². The van der Waals surface area contributed by atoms with Gasteiger partial charge < -0.3 is 28.4 Å². The number of hydrogen-bond donors (Lipinski definition) is 0. The Morgan fingerprint density at radius 2 is 1.86 bits per heavy atom. The van der Waals surface area contributed by atoms with Gasteiger partial charge in [0, 0.05) is 0 Å². The second-order valence-corrected chi connectivity index (χ2v) is 6.52. The van der Waals surface area contributed by atoms with Crippen molar-refractivity contribution in [3.8, 4) is 0 Å². The summed E-state index contributed by atoms with van der Waals surface area (Å²) in [5.74, 6) is -1.27. The van der Waals surface area contributed by atoms with Crippen LogP contribution in [-0.4, -0.2) is 55.5 Å². The highest BCUT2D eigenvalue weighted by Crippen LogP contribution is 2.41. The molecule has 21 heavy (non-hydrogen) atoms. The maximum Gasteiger partial charge on any atom is 0.190 e. The molecule has 3 fully saturated rings. The molecule has 0 saturated carbocycles. The van der Waals surface area contributed by atoms with Crippen LogP contribution < -0.4 is 0 Å². The Kier molecular flexibility index (Phi) is 3.88. The van der Waals surface area contributed by atoms with Crippen molar-refractivity contribution < 1.29 is 28.4 Å². The molecule has 3 aliphatic rings. The van der Waals surface area contributed by atoms with E-state index >= 15 is 0 Å². The van der Waals surface area contributed by atoms with E-state index in [1.165, 1.54) is 0 Å². The lowest BCUT2D eigenvalue weighted by molar-refractivity contribution is -0.235. The van der Waals surface area contributed by atoms with Crippen LogP contribution in [-0.2, 0) is 28.4 Å². The lowest BCUT2D eigenvalue weighted by Gasteiger charge is -2.28. The first-order chi connectivity index (χ1) is 9.81. The van der Waals surface area contributed by atoms with Gasteiger partial charge in [-0.15, -0.1) is 6.58 Å². The molecule has 120 valence electrons. The smallest absolute Gasteiger partial charge is 0.190 e. The zero-order valence-electron chi connectivity index (χ0n) is 13.0. The third kappa shape index (κ3) is 3.02. The van der Waals surface area contributed by atoms with Gasteiger partial charge in [0.15, 0.2) is 17.9 Å². The second kappa shape index (κ2) is 5.30. The first-order valence-corrected chi connectivity index (χ1v) is 7.37. The lowest BCUT2D eigenvalue weighted by atomic mass is 10.1. The Hall–Kier alpha value is -0.500. The zero-order chi connectivity index (χ0) is 15.3. The Morgan fingerprint density at radius 3 is 2.48 bits per heavy atom. The van der Waals surface area contributed by atoms with Gasteiger partial charge in [-0.1, -0.05) is 6.08 Å². The predicted octanol–water partition coefficient (Wildman–Crippen LogP) is 1.59. The van der Waals surface area contributed by atoms with E-state index in [1.54, 1.807) is 6.08 Å². The quantitative estimate of drug-likeness (QED) is 0.735. The summed E-state index contributed by atoms with van der Waals surface area (Å²) in [6.07, 6.45) is 0.261. The first-order valence-electron chi connectivity index (χ1n) is 7.37. The fourth-order valence-corrected chi connectivity index (χ4v) is 3.05. The highest BCUT2D eigenvalue weighted by atomic mass is 16.8. The van der Waals surface area contributed by atoms with Gasteiger partial charge in [0.1, 0.15) is 24.4 Å². The third-order valence-corrected chi connectivity index (χ3v) is 3.83. The van der Waals surface area contributed by atoms with E-state index in [2.05, 4.69) is 6.58 Å². The molecule has 0 spiro atoms. The molecule has 0 aromatic carbocycles. The maximum absolute atomic E-state index is 6.00. The van der Waals surface area contributed by atoms with Gasteiger partial charge in [0.25, 0.3) is 0 Å². The average molecular weight is 300 g/mol. The topological polar surface area (TPSA) is 55.4 Å². The number of hydrogen-bond acceptors (Lipinski definition) is 6. The van der Waals surface area contributed by atoms with E-state index in [9.17, 15) is 0 Å². The average Bonchev–Trinajstić information content (AvgIpc) is 2.96. The highest BCUT2D eigenvalue weighted by Gasteiger charge is 2.58. The van der Waals surface area contributed by atoms with E-state index in [-0.39, 0.29) is 24.4 Å². The monoisotopic (exact) mass is 300 g/mol. The molecule has 3 saturated heterocycles. The van der Waals surface area contributed by atoms with Crippen LogP contribution in [0, 0.1) is 0 Å². The van der Waals surface area contributed by atoms with Crippen molar-refractivity contribution >= 4 is 0 Å². The molecule has 5 atom stereocenters. The second-order valence-electron chi connectivity index (χ2n) is 6.52. The molecule has 6 heteroatoms. The van der Waals surface area contributed by atoms with Crippen LogP contribution >= 0.6 is 0 Å². The molecular formula is C15H24O6. The van der Waals surface area contributed by atoms with Crippen LogP contribution in [0.1, 0.15) is 27.7 Å². The van der Waals surface area contributed by atoms with Gasteiger partial charge in [-0.3, -0.25) is 0 Å². The van der Waals surface area contributed by atoms with Crippen LogP contribution in [0.3, 0.4) is 0 Å². The summed E-state index contributed by atoms with van der Waals surface area (Å²) in [7, 11) is 0. The Balaban J connectivity index is 1.73. The van der Waals surface area contributed by atoms with Crippen molar-refractivity contribution in [1.29, 1.82) is 0 Å². The molecule has 0 aromatic rings. The van der Waals surface area contributed by atoms with Crippen molar-refractivity contribution in [3.05, 3.63) is 12.7 Å². The Bertz CT molecular complexity index is 407. The van der Waals surface area contributed by atoms with Gasteiger partial charge in [-0.2, -0.15) is 0 Å². The van der Waals surface area contributed by atoms with Crippen LogP contribution in [0.2, 0.25) is 0 Å². The van der Waals surface area contributed by atoms with Gasteiger partial charge >= 0.3 is 0 Å². The molecule has 3 rings (SSSR count). The van der Waals surface area contributed by atoms with Gasteiger partial charge in [0.2, 0.25) is 0 Å². The molecule has 0 bridgehead atoms.